The number of nitrogens with zero attached hydrogens (tertiary/aromatic N) is 2. The van der Waals surface area contributed by atoms with Crippen LogP contribution in [-0.4, -0.2) is 41.4 Å². The Bertz CT molecular complexity index is 778. The van der Waals surface area contributed by atoms with E-state index in [1.165, 1.54) is 31.5 Å². The number of hydrogen-bond acceptors (Lipinski definition) is 2. The van der Waals surface area contributed by atoms with E-state index in [2.05, 4.69) is 40.1 Å². The lowest BCUT2D eigenvalue weighted by Gasteiger charge is -2.48. The van der Waals surface area contributed by atoms with Gasteiger partial charge >= 0.3 is 0 Å². The number of carbonyl (C=O) groups excluding carboxylic acids is 1. The SMILES string of the molecule is O=C1c2c(cccc2-c2ccccc2)CN1C1CN2CCC1CC2. The molecule has 3 heteroatoms. The van der Waals surface area contributed by atoms with E-state index in [0.29, 0.717) is 12.0 Å². The molecule has 1 unspecified atom stereocenters. The molecule has 4 aliphatic rings. The predicted octanol–water partition coefficient (Wildman–Crippen LogP) is 3.40. The molecule has 24 heavy (non-hydrogen) atoms. The summed E-state index contributed by atoms with van der Waals surface area (Å²) in [6, 6.07) is 17.0. The van der Waals surface area contributed by atoms with Crippen molar-refractivity contribution in [1.29, 1.82) is 0 Å². The van der Waals surface area contributed by atoms with Crippen LogP contribution in [0.25, 0.3) is 11.1 Å². The van der Waals surface area contributed by atoms with Gasteiger partial charge < -0.3 is 9.80 Å². The molecule has 122 valence electrons. The van der Waals surface area contributed by atoms with Gasteiger partial charge in [0.05, 0.1) is 5.56 Å². The number of benzene rings is 2. The second-order valence-corrected chi connectivity index (χ2v) is 7.34. The summed E-state index contributed by atoms with van der Waals surface area (Å²) in [5.41, 5.74) is 4.35. The first-order valence-electron chi connectivity index (χ1n) is 9.02. The Hall–Kier alpha value is -2.13. The molecule has 4 aliphatic heterocycles. The largest absolute Gasteiger partial charge is 0.330 e. The van der Waals surface area contributed by atoms with Gasteiger partial charge in [0, 0.05) is 19.1 Å². The molecule has 2 bridgehead atoms. The van der Waals surface area contributed by atoms with Crippen molar-refractivity contribution in [2.45, 2.75) is 25.4 Å². The van der Waals surface area contributed by atoms with Crippen molar-refractivity contribution >= 4 is 5.91 Å². The Morgan fingerprint density at radius 2 is 1.71 bits per heavy atom. The van der Waals surface area contributed by atoms with Crippen molar-refractivity contribution in [3.05, 3.63) is 59.7 Å². The highest BCUT2D eigenvalue weighted by Gasteiger charge is 2.42. The summed E-state index contributed by atoms with van der Waals surface area (Å²) >= 11 is 0. The summed E-state index contributed by atoms with van der Waals surface area (Å²) < 4.78 is 0. The number of fused-ring (bicyclic) bond motifs is 4. The van der Waals surface area contributed by atoms with E-state index in [0.717, 1.165) is 29.8 Å². The molecule has 3 saturated heterocycles. The second-order valence-electron chi connectivity index (χ2n) is 7.34. The van der Waals surface area contributed by atoms with Gasteiger partial charge in [0.2, 0.25) is 0 Å². The van der Waals surface area contributed by atoms with Crippen LogP contribution in [0, 0.1) is 5.92 Å². The third-order valence-corrected chi connectivity index (χ3v) is 6.07. The molecule has 6 rings (SSSR count). The molecule has 3 fully saturated rings. The van der Waals surface area contributed by atoms with Crippen LogP contribution < -0.4 is 0 Å². The van der Waals surface area contributed by atoms with Crippen LogP contribution in [0.2, 0.25) is 0 Å². The first-order valence-corrected chi connectivity index (χ1v) is 9.02. The zero-order valence-corrected chi connectivity index (χ0v) is 13.8. The van der Waals surface area contributed by atoms with Gasteiger partial charge in [-0.05, 0) is 48.5 Å². The predicted molar refractivity (Wildman–Crippen MR) is 94.7 cm³/mol. The van der Waals surface area contributed by atoms with E-state index in [1.54, 1.807) is 0 Å². The Morgan fingerprint density at radius 1 is 0.917 bits per heavy atom. The minimum absolute atomic E-state index is 0.239. The molecule has 0 spiro atoms. The van der Waals surface area contributed by atoms with Gasteiger partial charge in [-0.2, -0.15) is 0 Å². The smallest absolute Gasteiger partial charge is 0.255 e. The average molecular weight is 318 g/mol. The first kappa shape index (κ1) is 14.2. The second kappa shape index (κ2) is 5.45. The quantitative estimate of drug-likeness (QED) is 0.847. The van der Waals surface area contributed by atoms with Gasteiger partial charge in [-0.1, -0.05) is 48.5 Å². The number of carbonyl (C=O) groups is 1. The first-order chi connectivity index (χ1) is 11.8. The number of hydrogen-bond donors (Lipinski definition) is 0. The van der Waals surface area contributed by atoms with E-state index >= 15 is 0 Å². The van der Waals surface area contributed by atoms with Crippen LogP contribution in [-0.2, 0) is 6.54 Å². The number of amides is 1. The molecule has 2 aromatic rings. The van der Waals surface area contributed by atoms with Crippen LogP contribution in [0.4, 0.5) is 0 Å². The number of piperidine rings is 3. The van der Waals surface area contributed by atoms with Crippen LogP contribution in [0.15, 0.2) is 48.5 Å². The highest BCUT2D eigenvalue weighted by atomic mass is 16.2. The highest BCUT2D eigenvalue weighted by Crippen LogP contribution is 2.38. The minimum Gasteiger partial charge on any atom is -0.330 e. The normalized spacial score (nSPS) is 28.2. The zero-order valence-electron chi connectivity index (χ0n) is 13.8. The lowest BCUT2D eigenvalue weighted by Crippen LogP contribution is -2.57. The molecule has 0 radical (unpaired) electrons. The third kappa shape index (κ3) is 2.11. The van der Waals surface area contributed by atoms with Gasteiger partial charge in [0.15, 0.2) is 0 Å². The maximum atomic E-state index is 13.3. The summed E-state index contributed by atoms with van der Waals surface area (Å²) in [5.74, 6) is 0.927. The zero-order chi connectivity index (χ0) is 16.1. The monoisotopic (exact) mass is 318 g/mol. The molecule has 0 aliphatic carbocycles. The Balaban J connectivity index is 1.52. The van der Waals surface area contributed by atoms with Crippen LogP contribution in [0.1, 0.15) is 28.8 Å². The van der Waals surface area contributed by atoms with Gasteiger partial charge in [0.25, 0.3) is 5.91 Å². The van der Waals surface area contributed by atoms with E-state index in [-0.39, 0.29) is 5.91 Å². The van der Waals surface area contributed by atoms with Crippen molar-refractivity contribution < 1.29 is 4.79 Å². The van der Waals surface area contributed by atoms with Gasteiger partial charge in [-0.3, -0.25) is 4.79 Å². The Kier molecular flexibility index (Phi) is 3.23. The van der Waals surface area contributed by atoms with Gasteiger partial charge in [-0.15, -0.1) is 0 Å². The van der Waals surface area contributed by atoms with Crippen molar-refractivity contribution in [3.8, 4) is 11.1 Å². The summed E-state index contributed by atoms with van der Waals surface area (Å²) in [6.45, 7) is 4.27. The van der Waals surface area contributed by atoms with Crippen molar-refractivity contribution in [1.82, 2.24) is 9.80 Å². The van der Waals surface area contributed by atoms with E-state index in [1.807, 2.05) is 18.2 Å². The average Bonchev–Trinajstić information content (AvgIpc) is 3.00. The Morgan fingerprint density at radius 3 is 2.42 bits per heavy atom. The molecule has 3 nitrogen and oxygen atoms in total. The minimum atomic E-state index is 0.239. The summed E-state index contributed by atoms with van der Waals surface area (Å²) in [4.78, 5) is 18.0. The molecular formula is C21H22N2O. The molecule has 2 aromatic carbocycles. The summed E-state index contributed by atoms with van der Waals surface area (Å²) in [7, 11) is 0. The van der Waals surface area contributed by atoms with E-state index < -0.39 is 0 Å². The van der Waals surface area contributed by atoms with Crippen molar-refractivity contribution in [2.24, 2.45) is 5.92 Å². The number of rotatable bonds is 2. The highest BCUT2D eigenvalue weighted by molar-refractivity contribution is 6.04. The van der Waals surface area contributed by atoms with Gasteiger partial charge in [0.1, 0.15) is 0 Å². The lowest BCUT2D eigenvalue weighted by atomic mass is 9.83. The fourth-order valence-corrected chi connectivity index (χ4v) is 4.80. The fourth-order valence-electron chi connectivity index (χ4n) is 4.80. The van der Waals surface area contributed by atoms with E-state index in [9.17, 15) is 4.79 Å². The Labute approximate surface area is 142 Å². The third-order valence-electron chi connectivity index (χ3n) is 6.07. The summed E-state index contributed by atoms with van der Waals surface area (Å²) in [5, 5.41) is 0. The van der Waals surface area contributed by atoms with Crippen LogP contribution in [0.3, 0.4) is 0 Å². The molecule has 0 N–H and O–H groups in total. The van der Waals surface area contributed by atoms with Crippen molar-refractivity contribution in [2.75, 3.05) is 19.6 Å². The molecule has 0 saturated carbocycles. The topological polar surface area (TPSA) is 23.6 Å². The molecule has 0 aromatic heterocycles. The lowest BCUT2D eigenvalue weighted by molar-refractivity contribution is 0.00848. The van der Waals surface area contributed by atoms with E-state index in [4.69, 9.17) is 0 Å². The summed E-state index contributed by atoms with van der Waals surface area (Å²) in [6.07, 6.45) is 2.49. The van der Waals surface area contributed by atoms with Gasteiger partial charge in [-0.25, -0.2) is 0 Å². The van der Waals surface area contributed by atoms with Crippen LogP contribution in [0.5, 0.6) is 0 Å². The molecular weight excluding hydrogens is 296 g/mol. The van der Waals surface area contributed by atoms with Crippen LogP contribution >= 0.6 is 0 Å². The fraction of sp³-hybridized carbons (Fsp3) is 0.381. The molecule has 4 heterocycles. The maximum absolute atomic E-state index is 13.3. The molecule has 1 atom stereocenters. The molecule has 1 amide bonds. The standard InChI is InChI=1S/C21H22N2O/c24-21-20-17(7-4-8-18(20)15-5-2-1-3-6-15)13-23(21)19-14-22-11-9-16(19)10-12-22/h1-8,16,19H,9-14H2. The van der Waals surface area contributed by atoms with Crippen molar-refractivity contribution in [3.63, 3.8) is 0 Å². The maximum Gasteiger partial charge on any atom is 0.255 e.